The molecule has 1 aromatic heterocycles. The van der Waals surface area contributed by atoms with E-state index in [0.717, 1.165) is 29.8 Å². The minimum atomic E-state index is 0.294. The quantitative estimate of drug-likeness (QED) is 0.874. The second-order valence-electron chi connectivity index (χ2n) is 4.66. The number of nitrogens with zero attached hydrogens (tertiary/aromatic N) is 2. The lowest BCUT2D eigenvalue weighted by atomic mass is 10.1. The lowest BCUT2D eigenvalue weighted by molar-refractivity contribution is 0.531. The van der Waals surface area contributed by atoms with Gasteiger partial charge in [0.15, 0.2) is 0 Å². The van der Waals surface area contributed by atoms with E-state index < -0.39 is 0 Å². The maximum atomic E-state index is 4.41. The highest BCUT2D eigenvalue weighted by Crippen LogP contribution is 2.22. The molecule has 0 aliphatic rings. The molecule has 0 spiro atoms. The standard InChI is InChI=1S/C15H20BrN3/c1-3-9-19-10-8-17-15(19)11-18-12(2)13-6-4-5-7-14(13)16/h4-8,10,12,18H,3,9,11H2,1-2H3/t12-/m1/s1. The molecule has 0 aliphatic heterocycles. The van der Waals surface area contributed by atoms with Gasteiger partial charge in [0, 0.05) is 29.5 Å². The lowest BCUT2D eigenvalue weighted by Gasteiger charge is -2.16. The van der Waals surface area contributed by atoms with Gasteiger partial charge >= 0.3 is 0 Å². The van der Waals surface area contributed by atoms with Crippen LogP contribution in [0.3, 0.4) is 0 Å². The zero-order chi connectivity index (χ0) is 13.7. The molecule has 1 N–H and O–H groups in total. The molecule has 0 radical (unpaired) electrons. The van der Waals surface area contributed by atoms with Gasteiger partial charge in [-0.05, 0) is 25.0 Å². The molecular formula is C15H20BrN3. The fourth-order valence-corrected chi connectivity index (χ4v) is 2.76. The summed E-state index contributed by atoms with van der Waals surface area (Å²) in [7, 11) is 0. The third-order valence-corrected chi connectivity index (χ3v) is 3.93. The van der Waals surface area contributed by atoms with Gasteiger partial charge in [-0.2, -0.15) is 0 Å². The Balaban J connectivity index is 1.98. The highest BCUT2D eigenvalue weighted by atomic mass is 79.9. The Labute approximate surface area is 123 Å². The average Bonchev–Trinajstić information content (AvgIpc) is 2.84. The van der Waals surface area contributed by atoms with E-state index in [4.69, 9.17) is 0 Å². The maximum Gasteiger partial charge on any atom is 0.122 e. The zero-order valence-electron chi connectivity index (χ0n) is 11.4. The Bertz CT molecular complexity index is 522. The normalized spacial score (nSPS) is 12.6. The van der Waals surface area contributed by atoms with Gasteiger partial charge in [0.05, 0.1) is 6.54 Å². The van der Waals surface area contributed by atoms with Gasteiger partial charge in [-0.25, -0.2) is 4.98 Å². The molecule has 0 bridgehead atoms. The fourth-order valence-electron chi connectivity index (χ4n) is 2.13. The minimum Gasteiger partial charge on any atom is -0.334 e. The van der Waals surface area contributed by atoms with E-state index in [-0.39, 0.29) is 0 Å². The molecule has 19 heavy (non-hydrogen) atoms. The number of hydrogen-bond donors (Lipinski definition) is 1. The van der Waals surface area contributed by atoms with Crippen LogP contribution in [-0.4, -0.2) is 9.55 Å². The van der Waals surface area contributed by atoms with Crippen molar-refractivity contribution in [2.75, 3.05) is 0 Å². The van der Waals surface area contributed by atoms with Crippen molar-refractivity contribution < 1.29 is 0 Å². The molecule has 2 aromatic rings. The molecule has 0 amide bonds. The van der Waals surface area contributed by atoms with Gasteiger partial charge in [-0.15, -0.1) is 0 Å². The van der Waals surface area contributed by atoms with Crippen LogP contribution in [0.25, 0.3) is 0 Å². The highest BCUT2D eigenvalue weighted by Gasteiger charge is 2.09. The van der Waals surface area contributed by atoms with Crippen LogP contribution in [0.2, 0.25) is 0 Å². The summed E-state index contributed by atoms with van der Waals surface area (Å²) >= 11 is 3.59. The van der Waals surface area contributed by atoms with E-state index in [9.17, 15) is 0 Å². The molecule has 0 fully saturated rings. The van der Waals surface area contributed by atoms with E-state index in [1.807, 2.05) is 18.5 Å². The largest absolute Gasteiger partial charge is 0.334 e. The monoisotopic (exact) mass is 321 g/mol. The van der Waals surface area contributed by atoms with Crippen molar-refractivity contribution in [1.82, 2.24) is 14.9 Å². The molecule has 2 rings (SSSR count). The second-order valence-corrected chi connectivity index (χ2v) is 5.52. The predicted molar refractivity (Wildman–Crippen MR) is 81.9 cm³/mol. The average molecular weight is 322 g/mol. The van der Waals surface area contributed by atoms with E-state index in [1.165, 1.54) is 5.56 Å². The minimum absolute atomic E-state index is 0.294. The summed E-state index contributed by atoms with van der Waals surface area (Å²) in [6, 6.07) is 8.61. The topological polar surface area (TPSA) is 29.9 Å². The van der Waals surface area contributed by atoms with Crippen molar-refractivity contribution in [2.24, 2.45) is 0 Å². The van der Waals surface area contributed by atoms with Crippen LogP contribution in [0.1, 0.15) is 37.7 Å². The number of hydrogen-bond acceptors (Lipinski definition) is 2. The van der Waals surface area contributed by atoms with Gasteiger partial charge in [-0.3, -0.25) is 0 Å². The van der Waals surface area contributed by atoms with E-state index in [2.05, 4.69) is 62.8 Å². The van der Waals surface area contributed by atoms with E-state index in [1.54, 1.807) is 0 Å². The summed E-state index contributed by atoms with van der Waals surface area (Å²) in [5, 5.41) is 3.53. The van der Waals surface area contributed by atoms with E-state index >= 15 is 0 Å². The van der Waals surface area contributed by atoms with Crippen LogP contribution in [-0.2, 0) is 13.1 Å². The number of imidazole rings is 1. The molecule has 3 nitrogen and oxygen atoms in total. The Morgan fingerprint density at radius 1 is 1.37 bits per heavy atom. The van der Waals surface area contributed by atoms with Gasteiger partial charge in [0.1, 0.15) is 5.82 Å². The highest BCUT2D eigenvalue weighted by molar-refractivity contribution is 9.10. The number of aromatic nitrogens is 2. The van der Waals surface area contributed by atoms with Crippen molar-refractivity contribution in [3.05, 3.63) is 52.5 Å². The number of aryl methyl sites for hydroxylation is 1. The summed E-state index contributed by atoms with van der Waals surface area (Å²) in [6.45, 7) is 6.17. The number of nitrogens with one attached hydrogen (secondary N) is 1. The van der Waals surface area contributed by atoms with Crippen molar-refractivity contribution in [3.8, 4) is 0 Å². The first-order chi connectivity index (χ1) is 9.22. The number of halogens is 1. The summed E-state index contributed by atoms with van der Waals surface area (Å²) in [6.07, 6.45) is 5.04. The molecule has 0 aliphatic carbocycles. The molecule has 4 heteroatoms. The SMILES string of the molecule is CCCn1ccnc1CN[C@H](C)c1ccccc1Br. The summed E-state index contributed by atoms with van der Waals surface area (Å²) in [4.78, 5) is 4.41. The van der Waals surface area contributed by atoms with Gasteiger partial charge in [0.2, 0.25) is 0 Å². The first-order valence-electron chi connectivity index (χ1n) is 6.70. The second kappa shape index (κ2) is 6.87. The first kappa shape index (κ1) is 14.3. The van der Waals surface area contributed by atoms with Crippen LogP contribution >= 0.6 is 15.9 Å². The Hall–Kier alpha value is -1.13. The molecule has 0 saturated heterocycles. The Kier molecular flexibility index (Phi) is 5.16. The van der Waals surface area contributed by atoms with Crippen LogP contribution in [0.5, 0.6) is 0 Å². The maximum absolute atomic E-state index is 4.41. The summed E-state index contributed by atoms with van der Waals surface area (Å²) < 4.78 is 3.35. The number of rotatable bonds is 6. The van der Waals surface area contributed by atoms with E-state index in [0.29, 0.717) is 6.04 Å². The zero-order valence-corrected chi connectivity index (χ0v) is 13.0. The smallest absolute Gasteiger partial charge is 0.122 e. The van der Waals surface area contributed by atoms with Crippen LogP contribution in [0.4, 0.5) is 0 Å². The van der Waals surface area contributed by atoms with Crippen molar-refractivity contribution in [3.63, 3.8) is 0 Å². The molecule has 1 aromatic carbocycles. The van der Waals surface area contributed by atoms with Crippen molar-refractivity contribution in [2.45, 2.75) is 39.4 Å². The van der Waals surface area contributed by atoms with Crippen LogP contribution < -0.4 is 5.32 Å². The molecule has 1 heterocycles. The molecule has 102 valence electrons. The predicted octanol–water partition coefficient (Wildman–Crippen LogP) is 3.91. The third-order valence-electron chi connectivity index (χ3n) is 3.20. The third kappa shape index (κ3) is 3.67. The number of benzene rings is 1. The summed E-state index contributed by atoms with van der Waals surface area (Å²) in [5.41, 5.74) is 1.27. The van der Waals surface area contributed by atoms with Crippen molar-refractivity contribution in [1.29, 1.82) is 0 Å². The van der Waals surface area contributed by atoms with Gasteiger partial charge in [0.25, 0.3) is 0 Å². The van der Waals surface area contributed by atoms with Crippen LogP contribution in [0.15, 0.2) is 41.1 Å². The van der Waals surface area contributed by atoms with Crippen molar-refractivity contribution >= 4 is 15.9 Å². The van der Waals surface area contributed by atoms with Gasteiger partial charge < -0.3 is 9.88 Å². The Morgan fingerprint density at radius 2 is 2.16 bits per heavy atom. The summed E-state index contributed by atoms with van der Waals surface area (Å²) in [5.74, 6) is 1.10. The fraction of sp³-hybridized carbons (Fsp3) is 0.400. The lowest BCUT2D eigenvalue weighted by Crippen LogP contribution is -2.21. The first-order valence-corrected chi connectivity index (χ1v) is 7.49. The molecule has 0 unspecified atom stereocenters. The molecular weight excluding hydrogens is 302 g/mol. The molecule has 0 saturated carbocycles. The van der Waals surface area contributed by atoms with Crippen LogP contribution in [0, 0.1) is 0 Å². The molecule has 1 atom stereocenters. The van der Waals surface area contributed by atoms with Gasteiger partial charge in [-0.1, -0.05) is 41.1 Å². The Morgan fingerprint density at radius 3 is 2.89 bits per heavy atom.